The number of aliphatic carboxylic acids is 1. The van der Waals surface area contributed by atoms with Crippen LogP contribution in [0.1, 0.15) is 85.0 Å². The van der Waals surface area contributed by atoms with Crippen LogP contribution in [-0.4, -0.2) is 16.9 Å². The van der Waals surface area contributed by atoms with Gasteiger partial charge in [0.25, 0.3) is 0 Å². The van der Waals surface area contributed by atoms with Crippen molar-refractivity contribution < 1.29 is 14.7 Å². The third-order valence-electron chi connectivity index (χ3n) is 2.67. The van der Waals surface area contributed by atoms with Gasteiger partial charge >= 0.3 is 5.97 Å². The molecule has 108 valence electrons. The molecule has 0 aliphatic carbocycles. The molecule has 0 fully saturated rings. The average Bonchev–Trinajstić information content (AvgIpc) is 2.33. The molecule has 1 N–H and O–H groups in total. The van der Waals surface area contributed by atoms with Gasteiger partial charge in [-0.2, -0.15) is 0 Å². The molecular weight excluding hydrogens is 228 g/mol. The van der Waals surface area contributed by atoms with E-state index in [9.17, 15) is 9.59 Å². The molecule has 18 heavy (non-hydrogen) atoms. The molecule has 3 heteroatoms. The zero-order valence-corrected chi connectivity index (χ0v) is 12.3. The SMILES string of the molecule is CC.CC(=O)CCCCCCCCCCC(=O)O. The summed E-state index contributed by atoms with van der Waals surface area (Å²) in [5, 5.41) is 8.43. The van der Waals surface area contributed by atoms with Crippen molar-refractivity contribution in [3.8, 4) is 0 Å². The van der Waals surface area contributed by atoms with Gasteiger partial charge < -0.3 is 9.90 Å². The van der Waals surface area contributed by atoms with E-state index >= 15 is 0 Å². The highest BCUT2D eigenvalue weighted by Crippen LogP contribution is 2.10. The number of unbranched alkanes of at least 4 members (excludes halogenated alkanes) is 7. The summed E-state index contributed by atoms with van der Waals surface area (Å²) in [6.45, 7) is 5.64. The lowest BCUT2D eigenvalue weighted by atomic mass is 10.1. The summed E-state index contributed by atoms with van der Waals surface area (Å²) in [4.78, 5) is 20.9. The lowest BCUT2D eigenvalue weighted by Gasteiger charge is -2.00. The van der Waals surface area contributed by atoms with Gasteiger partial charge in [0.2, 0.25) is 0 Å². The van der Waals surface area contributed by atoms with Crippen LogP contribution in [0.5, 0.6) is 0 Å². The van der Waals surface area contributed by atoms with Crippen molar-refractivity contribution in [2.75, 3.05) is 0 Å². The second-order valence-electron chi connectivity index (χ2n) is 4.42. The number of carbonyl (C=O) groups is 2. The number of rotatable bonds is 11. The Balaban J connectivity index is 0. The van der Waals surface area contributed by atoms with Crippen molar-refractivity contribution in [1.82, 2.24) is 0 Å². The Morgan fingerprint density at radius 2 is 1.06 bits per heavy atom. The van der Waals surface area contributed by atoms with Crippen molar-refractivity contribution in [2.24, 2.45) is 0 Å². The Kier molecular flexibility index (Phi) is 17.5. The van der Waals surface area contributed by atoms with Gasteiger partial charge in [-0.1, -0.05) is 52.4 Å². The summed E-state index contributed by atoms with van der Waals surface area (Å²) in [5.41, 5.74) is 0. The summed E-state index contributed by atoms with van der Waals surface area (Å²) >= 11 is 0. The molecule has 0 bridgehead atoms. The standard InChI is InChI=1S/C13H24O3.C2H6/c1-12(14)10-8-6-4-2-3-5-7-9-11-13(15)16;1-2/h2-11H2,1H3,(H,15,16);1-2H3. The fourth-order valence-electron chi connectivity index (χ4n) is 1.71. The van der Waals surface area contributed by atoms with E-state index in [1.807, 2.05) is 13.8 Å². The second-order valence-corrected chi connectivity index (χ2v) is 4.42. The van der Waals surface area contributed by atoms with Gasteiger partial charge in [0.05, 0.1) is 0 Å². The fraction of sp³-hybridized carbons (Fsp3) is 0.867. The number of carboxylic acids is 1. The molecule has 0 aromatic carbocycles. The van der Waals surface area contributed by atoms with Gasteiger partial charge in [-0.3, -0.25) is 4.79 Å². The minimum atomic E-state index is -0.691. The first kappa shape index (κ1) is 19.5. The largest absolute Gasteiger partial charge is 0.481 e. The molecule has 0 aromatic rings. The molecule has 3 nitrogen and oxygen atoms in total. The molecule has 0 amide bonds. The van der Waals surface area contributed by atoms with Gasteiger partial charge in [-0.25, -0.2) is 0 Å². The highest BCUT2D eigenvalue weighted by atomic mass is 16.4. The number of hydrogen-bond acceptors (Lipinski definition) is 2. The predicted molar refractivity (Wildman–Crippen MR) is 75.8 cm³/mol. The third kappa shape index (κ3) is 20.5. The molecule has 0 radical (unpaired) electrons. The maximum Gasteiger partial charge on any atom is 0.303 e. The first-order valence-electron chi connectivity index (χ1n) is 7.34. The Labute approximate surface area is 112 Å². The highest BCUT2D eigenvalue weighted by Gasteiger charge is 1.97. The molecule has 0 spiro atoms. The van der Waals surface area contributed by atoms with Gasteiger partial charge in [0, 0.05) is 12.8 Å². The van der Waals surface area contributed by atoms with Crippen LogP contribution in [0.15, 0.2) is 0 Å². The summed E-state index contributed by atoms with van der Waals surface area (Å²) < 4.78 is 0. The molecule has 0 aliphatic heterocycles. The number of hydrogen-bond donors (Lipinski definition) is 1. The minimum absolute atomic E-state index is 0.286. The quantitative estimate of drug-likeness (QED) is 0.551. The molecule has 0 aliphatic rings. The molecule has 0 unspecified atom stereocenters. The van der Waals surface area contributed by atoms with Crippen LogP contribution in [0, 0.1) is 0 Å². The topological polar surface area (TPSA) is 54.4 Å². The van der Waals surface area contributed by atoms with E-state index in [2.05, 4.69) is 0 Å². The number of carbonyl (C=O) groups excluding carboxylic acids is 1. The van der Waals surface area contributed by atoms with Gasteiger partial charge in [0.1, 0.15) is 5.78 Å². The summed E-state index contributed by atoms with van der Waals surface area (Å²) in [5.74, 6) is -0.405. The smallest absolute Gasteiger partial charge is 0.303 e. The summed E-state index contributed by atoms with van der Waals surface area (Å²) in [6.07, 6.45) is 9.77. The Morgan fingerprint density at radius 3 is 1.39 bits per heavy atom. The van der Waals surface area contributed by atoms with Crippen molar-refractivity contribution >= 4 is 11.8 Å². The van der Waals surface area contributed by atoms with E-state index in [0.29, 0.717) is 6.42 Å². The van der Waals surface area contributed by atoms with Crippen molar-refractivity contribution in [3.63, 3.8) is 0 Å². The van der Waals surface area contributed by atoms with Gasteiger partial charge in [0.15, 0.2) is 0 Å². The van der Waals surface area contributed by atoms with Crippen LogP contribution in [0.25, 0.3) is 0 Å². The van der Waals surface area contributed by atoms with E-state index in [1.165, 1.54) is 19.3 Å². The first-order chi connectivity index (χ1) is 8.63. The molecular formula is C15H30O3. The number of carboxylic acid groups (broad SMARTS) is 1. The first-order valence-corrected chi connectivity index (χ1v) is 7.34. The van der Waals surface area contributed by atoms with Crippen LogP contribution in [0.4, 0.5) is 0 Å². The Morgan fingerprint density at radius 1 is 0.722 bits per heavy atom. The fourth-order valence-corrected chi connectivity index (χ4v) is 1.71. The summed E-state index contributed by atoms with van der Waals surface area (Å²) in [6, 6.07) is 0. The predicted octanol–water partition coefficient (Wildman–Crippen LogP) is 4.59. The monoisotopic (exact) mass is 258 g/mol. The zero-order chi connectivity index (χ0) is 14.2. The van der Waals surface area contributed by atoms with Crippen LogP contribution in [0.3, 0.4) is 0 Å². The number of Topliss-reactive ketones (excluding diaryl/α,β-unsaturated/α-hetero) is 1. The van der Waals surface area contributed by atoms with Gasteiger partial charge in [-0.05, 0) is 19.8 Å². The molecule has 0 rings (SSSR count). The highest BCUT2D eigenvalue weighted by molar-refractivity contribution is 5.75. The molecule has 0 saturated heterocycles. The van der Waals surface area contributed by atoms with Crippen LogP contribution in [-0.2, 0) is 9.59 Å². The maximum absolute atomic E-state index is 10.7. The van der Waals surface area contributed by atoms with Crippen molar-refractivity contribution in [3.05, 3.63) is 0 Å². The van der Waals surface area contributed by atoms with Gasteiger partial charge in [-0.15, -0.1) is 0 Å². The molecule has 0 aromatic heterocycles. The second kappa shape index (κ2) is 16.1. The maximum atomic E-state index is 10.7. The Hall–Kier alpha value is -0.860. The van der Waals surface area contributed by atoms with Crippen LogP contribution in [0.2, 0.25) is 0 Å². The average molecular weight is 258 g/mol. The van der Waals surface area contributed by atoms with Crippen molar-refractivity contribution in [1.29, 1.82) is 0 Å². The van der Waals surface area contributed by atoms with E-state index in [-0.39, 0.29) is 5.78 Å². The van der Waals surface area contributed by atoms with E-state index in [0.717, 1.165) is 38.5 Å². The lowest BCUT2D eigenvalue weighted by Crippen LogP contribution is -1.93. The summed E-state index contributed by atoms with van der Waals surface area (Å²) in [7, 11) is 0. The minimum Gasteiger partial charge on any atom is -0.481 e. The lowest BCUT2D eigenvalue weighted by molar-refractivity contribution is -0.137. The van der Waals surface area contributed by atoms with Crippen LogP contribution >= 0.6 is 0 Å². The number of ketones is 1. The van der Waals surface area contributed by atoms with Crippen molar-refractivity contribution in [2.45, 2.75) is 85.0 Å². The van der Waals surface area contributed by atoms with Crippen LogP contribution < -0.4 is 0 Å². The van der Waals surface area contributed by atoms with E-state index in [1.54, 1.807) is 6.92 Å². The molecule has 0 atom stereocenters. The van der Waals surface area contributed by atoms with E-state index in [4.69, 9.17) is 5.11 Å². The van der Waals surface area contributed by atoms with E-state index < -0.39 is 5.97 Å². The molecule has 0 saturated carbocycles. The normalized spacial score (nSPS) is 9.50. The third-order valence-corrected chi connectivity index (χ3v) is 2.67. The zero-order valence-electron chi connectivity index (χ0n) is 12.3. The Bertz CT molecular complexity index is 178. The molecule has 0 heterocycles.